The van der Waals surface area contributed by atoms with Gasteiger partial charge in [0.05, 0.1) is 23.7 Å². The number of carbonyl (C=O) groups excluding carboxylic acids is 1. The number of carbonyl (C=O) groups is 1. The molecule has 2 aromatic rings. The molecule has 0 saturated carbocycles. The van der Waals surface area contributed by atoms with Gasteiger partial charge in [0.2, 0.25) is 6.41 Å². The van der Waals surface area contributed by atoms with Crippen LogP contribution in [0.1, 0.15) is 120 Å². The van der Waals surface area contributed by atoms with Crippen molar-refractivity contribution in [2.75, 3.05) is 26.1 Å². The minimum absolute atomic E-state index is 0.0859. The number of nitrogens with zero attached hydrogens (tertiary/aromatic N) is 1. The molecule has 1 unspecified atom stereocenters. The topological polar surface area (TPSA) is 136 Å². The van der Waals surface area contributed by atoms with Gasteiger partial charge in [-0.25, -0.2) is 8.42 Å². The number of hydrogen-bond donors (Lipinski definition) is 2. The van der Waals surface area contributed by atoms with Gasteiger partial charge in [-0.2, -0.15) is 8.78 Å². The van der Waals surface area contributed by atoms with Crippen LogP contribution in [-0.2, 0) is 40.7 Å². The number of nitrogens with two attached hydrogens (primary N) is 1. The van der Waals surface area contributed by atoms with Crippen molar-refractivity contribution in [2.24, 2.45) is 5.73 Å². The van der Waals surface area contributed by atoms with Gasteiger partial charge in [-0.3, -0.25) is 9.36 Å². The first-order valence-corrected chi connectivity index (χ1v) is 22.2. The highest BCUT2D eigenvalue weighted by Crippen LogP contribution is 2.64. The SMILES string of the molecule is CCCCCCCCCCCCCCCCOCCCOP(=O)(O)C(F)(F)c1ccc(CN(C=O)/C(=C\N)c2ccc(S(C)(=O)=O)cc2)cc1Br. The van der Waals surface area contributed by atoms with Crippen molar-refractivity contribution >= 4 is 45.5 Å². The van der Waals surface area contributed by atoms with Crippen LogP contribution in [-0.4, -0.2) is 50.7 Å². The summed E-state index contributed by atoms with van der Waals surface area (Å²) in [5, 5.41) is 0. The summed E-state index contributed by atoms with van der Waals surface area (Å²) in [7, 11) is -8.85. The molecule has 0 aliphatic rings. The lowest BCUT2D eigenvalue weighted by Gasteiger charge is -2.24. The first-order chi connectivity index (χ1) is 24.3. The van der Waals surface area contributed by atoms with Crippen molar-refractivity contribution in [3.05, 3.63) is 69.8 Å². The molecule has 288 valence electrons. The molecule has 0 fully saturated rings. The zero-order chi connectivity index (χ0) is 37.8. The highest BCUT2D eigenvalue weighted by molar-refractivity contribution is 9.10. The summed E-state index contributed by atoms with van der Waals surface area (Å²) < 4.78 is 77.0. The minimum atomic E-state index is -5.42. The van der Waals surface area contributed by atoms with E-state index < -0.39 is 28.7 Å². The molecule has 1 atom stereocenters. The lowest BCUT2D eigenvalue weighted by molar-refractivity contribution is -0.115. The summed E-state index contributed by atoms with van der Waals surface area (Å²) >= 11 is 3.08. The third-order valence-electron chi connectivity index (χ3n) is 8.58. The van der Waals surface area contributed by atoms with Crippen LogP contribution in [0.4, 0.5) is 8.78 Å². The van der Waals surface area contributed by atoms with Crippen molar-refractivity contribution in [3.63, 3.8) is 0 Å². The summed E-state index contributed by atoms with van der Waals surface area (Å²) in [6, 6.07) is 9.38. The number of benzene rings is 2. The van der Waals surface area contributed by atoms with E-state index in [0.29, 0.717) is 24.1 Å². The van der Waals surface area contributed by atoms with Crippen LogP contribution in [0.15, 0.2) is 58.0 Å². The van der Waals surface area contributed by atoms with Gasteiger partial charge in [0.1, 0.15) is 0 Å². The van der Waals surface area contributed by atoms with Crippen LogP contribution >= 0.6 is 23.5 Å². The quantitative estimate of drug-likeness (QED) is 0.0492. The number of unbranched alkanes of at least 4 members (excludes halogenated alkanes) is 13. The zero-order valence-corrected chi connectivity index (χ0v) is 33.3. The van der Waals surface area contributed by atoms with Crippen molar-refractivity contribution < 1.29 is 40.7 Å². The Balaban J connectivity index is 1.73. The average Bonchev–Trinajstić information content (AvgIpc) is 3.08. The molecule has 51 heavy (non-hydrogen) atoms. The molecule has 1 amide bonds. The van der Waals surface area contributed by atoms with Gasteiger partial charge >= 0.3 is 13.3 Å². The number of ether oxygens (including phenoxy) is 1. The lowest BCUT2D eigenvalue weighted by Crippen LogP contribution is -2.21. The predicted molar refractivity (Wildman–Crippen MR) is 203 cm³/mol. The van der Waals surface area contributed by atoms with Crippen LogP contribution in [0.2, 0.25) is 0 Å². The number of amides is 1. The van der Waals surface area contributed by atoms with E-state index in [1.807, 2.05) is 0 Å². The molecule has 0 saturated heterocycles. The molecule has 0 aromatic heterocycles. The predicted octanol–water partition coefficient (Wildman–Crippen LogP) is 9.91. The maximum Gasteiger partial charge on any atom is 0.401 e. The molecule has 0 aliphatic carbocycles. The molecule has 0 bridgehead atoms. The van der Waals surface area contributed by atoms with Crippen molar-refractivity contribution in [2.45, 2.75) is 120 Å². The Morgan fingerprint density at radius 2 is 1.41 bits per heavy atom. The summed E-state index contributed by atoms with van der Waals surface area (Å²) in [6.45, 7) is 2.56. The van der Waals surface area contributed by atoms with Crippen LogP contribution in [0.5, 0.6) is 0 Å². The molecule has 14 heteroatoms. The number of hydrogen-bond acceptors (Lipinski definition) is 7. The van der Waals surface area contributed by atoms with Gasteiger partial charge in [-0.1, -0.05) is 131 Å². The largest absolute Gasteiger partial charge is 0.403 e. The Kier molecular flexibility index (Phi) is 20.7. The third kappa shape index (κ3) is 15.8. The number of rotatable bonds is 28. The van der Waals surface area contributed by atoms with Crippen LogP contribution in [0.3, 0.4) is 0 Å². The Bertz CT molecular complexity index is 1510. The van der Waals surface area contributed by atoms with Crippen LogP contribution in [0, 0.1) is 0 Å². The number of sulfone groups is 1. The van der Waals surface area contributed by atoms with Crippen molar-refractivity contribution in [1.29, 1.82) is 0 Å². The Morgan fingerprint density at radius 1 is 0.882 bits per heavy atom. The Morgan fingerprint density at radius 3 is 1.90 bits per heavy atom. The van der Waals surface area contributed by atoms with E-state index in [1.165, 1.54) is 118 Å². The van der Waals surface area contributed by atoms with Crippen molar-refractivity contribution in [1.82, 2.24) is 4.90 Å². The second-order valence-electron chi connectivity index (χ2n) is 12.9. The number of alkyl halides is 2. The van der Waals surface area contributed by atoms with Gasteiger partial charge in [-0.05, 0) is 42.2 Å². The Labute approximate surface area is 311 Å². The fraction of sp³-hybridized carbons (Fsp3) is 0.595. The summed E-state index contributed by atoms with van der Waals surface area (Å²) in [4.78, 5) is 23.5. The molecule has 0 aliphatic heterocycles. The van der Waals surface area contributed by atoms with Crippen molar-refractivity contribution in [3.8, 4) is 0 Å². The molecule has 3 N–H and O–H groups in total. The van der Waals surface area contributed by atoms with Gasteiger partial charge < -0.3 is 24.8 Å². The summed E-state index contributed by atoms with van der Waals surface area (Å²) in [5.41, 5.74) is 1.94. The minimum Gasteiger partial charge on any atom is -0.403 e. The first kappa shape index (κ1) is 45.0. The maximum absolute atomic E-state index is 15.3. The summed E-state index contributed by atoms with van der Waals surface area (Å²) in [5.74, 6) is 0. The van der Waals surface area contributed by atoms with Gasteiger partial charge in [0.25, 0.3) is 0 Å². The average molecular weight is 822 g/mol. The lowest BCUT2D eigenvalue weighted by atomic mass is 10.0. The molecule has 0 heterocycles. The standard InChI is InChI=1S/C37H56BrF2N2O7PS/c1-3-4-5-6-7-8-9-10-11-12-13-14-15-16-24-48-25-17-26-49-50(44,45)37(39,40)34-23-18-31(27-35(34)38)29-42(30-43)36(28-41)32-19-21-33(22-20-32)51(2,46)47/h18-23,27-28,30H,3-17,24-26,29,41H2,1-2H3,(H,44,45)/b36-28-. The molecular weight excluding hydrogens is 765 g/mol. The molecular formula is C37H56BrF2N2O7PS. The molecule has 9 nitrogen and oxygen atoms in total. The van der Waals surface area contributed by atoms with E-state index in [2.05, 4.69) is 22.9 Å². The van der Waals surface area contributed by atoms with E-state index in [-0.39, 0.29) is 41.2 Å². The first-order valence-electron chi connectivity index (χ1n) is 17.9. The molecule has 0 radical (unpaired) electrons. The molecule has 2 rings (SSSR count). The van der Waals surface area contributed by atoms with E-state index in [9.17, 15) is 22.7 Å². The highest BCUT2D eigenvalue weighted by Gasteiger charge is 2.53. The van der Waals surface area contributed by atoms with E-state index in [0.717, 1.165) is 31.6 Å². The maximum atomic E-state index is 15.3. The van der Waals surface area contributed by atoms with Crippen LogP contribution < -0.4 is 5.73 Å². The monoisotopic (exact) mass is 820 g/mol. The second kappa shape index (κ2) is 23.5. The van der Waals surface area contributed by atoms with Crippen LogP contribution in [0.25, 0.3) is 5.70 Å². The van der Waals surface area contributed by atoms with E-state index in [4.69, 9.17) is 15.0 Å². The zero-order valence-electron chi connectivity index (χ0n) is 30.0. The fourth-order valence-electron chi connectivity index (χ4n) is 5.59. The van der Waals surface area contributed by atoms with Gasteiger partial charge in [0.15, 0.2) is 9.84 Å². The van der Waals surface area contributed by atoms with Gasteiger partial charge in [0, 0.05) is 35.7 Å². The second-order valence-corrected chi connectivity index (χ2v) is 17.6. The van der Waals surface area contributed by atoms with Gasteiger partial charge in [-0.15, -0.1) is 0 Å². The number of halogens is 3. The molecule has 0 spiro atoms. The van der Waals surface area contributed by atoms with E-state index in [1.54, 1.807) is 0 Å². The smallest absolute Gasteiger partial charge is 0.401 e. The third-order valence-corrected chi connectivity index (χ3v) is 11.8. The summed E-state index contributed by atoms with van der Waals surface area (Å²) in [6.07, 6.45) is 20.6. The van der Waals surface area contributed by atoms with E-state index >= 15 is 8.78 Å². The Hall–Kier alpha value is -2.15. The highest BCUT2D eigenvalue weighted by atomic mass is 79.9. The molecule has 2 aromatic carbocycles. The normalized spacial score (nSPS) is 13.6. The fourth-order valence-corrected chi connectivity index (χ4v) is 8.09.